The Balaban J connectivity index is 1.85. The number of ether oxygens (including phenoxy) is 1. The Morgan fingerprint density at radius 2 is 2.00 bits per heavy atom. The molecule has 2 aliphatic carbocycles. The molecule has 3 nitrogen and oxygen atoms in total. The predicted molar refractivity (Wildman–Crippen MR) is 67.2 cm³/mol. The zero-order valence-corrected chi connectivity index (χ0v) is 10.8. The number of rotatable bonds is 5. The van der Waals surface area contributed by atoms with E-state index >= 15 is 0 Å². The minimum absolute atomic E-state index is 0.337. The van der Waals surface area contributed by atoms with E-state index in [1.54, 1.807) is 0 Å². The van der Waals surface area contributed by atoms with Crippen LogP contribution in [0.3, 0.4) is 0 Å². The van der Waals surface area contributed by atoms with Crippen molar-refractivity contribution in [3.05, 3.63) is 0 Å². The Labute approximate surface area is 104 Å². The summed E-state index contributed by atoms with van der Waals surface area (Å²) in [6.07, 6.45) is 8.70. The zero-order valence-electron chi connectivity index (χ0n) is 10.8. The van der Waals surface area contributed by atoms with E-state index in [-0.39, 0.29) is 0 Å². The molecular weight excluding hydrogens is 212 g/mol. The topological polar surface area (TPSA) is 59.0 Å². The Morgan fingerprint density at radius 1 is 1.29 bits per heavy atom. The van der Waals surface area contributed by atoms with E-state index in [2.05, 4.69) is 13.0 Å². The Hall–Kier alpha value is -0.590. The van der Waals surface area contributed by atoms with Crippen LogP contribution in [0.15, 0.2) is 0 Å². The fourth-order valence-electron chi connectivity index (χ4n) is 2.94. The third-order valence-corrected chi connectivity index (χ3v) is 4.41. The highest BCUT2D eigenvalue weighted by atomic mass is 16.5. The second-order valence-electron chi connectivity index (χ2n) is 5.73. The van der Waals surface area contributed by atoms with Crippen molar-refractivity contribution in [2.45, 2.75) is 63.5 Å². The Kier molecular flexibility index (Phi) is 4.06. The van der Waals surface area contributed by atoms with E-state index in [1.807, 2.05) is 0 Å². The van der Waals surface area contributed by atoms with Crippen molar-refractivity contribution < 1.29 is 4.74 Å². The van der Waals surface area contributed by atoms with Crippen molar-refractivity contribution in [2.75, 3.05) is 6.61 Å². The van der Waals surface area contributed by atoms with Gasteiger partial charge in [-0.15, -0.1) is 0 Å². The molecule has 0 bridgehead atoms. The van der Waals surface area contributed by atoms with Crippen molar-refractivity contribution in [1.29, 1.82) is 5.26 Å². The van der Waals surface area contributed by atoms with Crippen molar-refractivity contribution in [3.8, 4) is 6.07 Å². The molecule has 0 aliphatic heterocycles. The smallest absolute Gasteiger partial charge is 0.130 e. The first-order valence-electron chi connectivity index (χ1n) is 7.01. The van der Waals surface area contributed by atoms with E-state index < -0.39 is 5.54 Å². The summed E-state index contributed by atoms with van der Waals surface area (Å²) in [4.78, 5) is 0. The molecule has 0 aromatic heterocycles. The van der Waals surface area contributed by atoms with Crippen molar-refractivity contribution in [3.63, 3.8) is 0 Å². The van der Waals surface area contributed by atoms with Gasteiger partial charge >= 0.3 is 0 Å². The van der Waals surface area contributed by atoms with Crippen LogP contribution in [0.4, 0.5) is 0 Å². The molecule has 0 aromatic rings. The molecule has 3 heteroatoms. The molecule has 0 saturated heterocycles. The molecule has 0 aromatic carbocycles. The van der Waals surface area contributed by atoms with E-state index in [9.17, 15) is 5.26 Å². The SMILES string of the molecule is CCC1CCCCC1OCC(N)(C#N)C1CC1. The minimum Gasteiger partial charge on any atom is -0.375 e. The third kappa shape index (κ3) is 3.00. The van der Waals surface area contributed by atoms with Crippen LogP contribution in [0, 0.1) is 23.2 Å². The van der Waals surface area contributed by atoms with Gasteiger partial charge in [-0.1, -0.05) is 26.2 Å². The van der Waals surface area contributed by atoms with Crippen molar-refractivity contribution in [1.82, 2.24) is 0 Å². The lowest BCUT2D eigenvalue weighted by atomic mass is 9.84. The molecule has 0 radical (unpaired) electrons. The largest absolute Gasteiger partial charge is 0.375 e. The molecule has 2 rings (SSSR count). The lowest BCUT2D eigenvalue weighted by Crippen LogP contribution is -2.47. The maximum absolute atomic E-state index is 9.19. The van der Waals surface area contributed by atoms with Gasteiger partial charge in [0.25, 0.3) is 0 Å². The summed E-state index contributed by atoms with van der Waals surface area (Å²) in [6.45, 7) is 2.66. The van der Waals surface area contributed by atoms with E-state index in [4.69, 9.17) is 10.5 Å². The van der Waals surface area contributed by atoms with Crippen LogP contribution in [0.5, 0.6) is 0 Å². The molecule has 2 N–H and O–H groups in total. The van der Waals surface area contributed by atoms with Crippen LogP contribution in [0.25, 0.3) is 0 Å². The summed E-state index contributed by atoms with van der Waals surface area (Å²) in [6, 6.07) is 2.27. The molecule has 2 fully saturated rings. The van der Waals surface area contributed by atoms with Crippen LogP contribution in [-0.4, -0.2) is 18.2 Å². The normalized spacial score (nSPS) is 32.8. The van der Waals surface area contributed by atoms with Gasteiger partial charge in [-0.05, 0) is 37.5 Å². The van der Waals surface area contributed by atoms with E-state index in [0.717, 1.165) is 19.3 Å². The van der Waals surface area contributed by atoms with Gasteiger partial charge in [-0.3, -0.25) is 0 Å². The van der Waals surface area contributed by atoms with Crippen LogP contribution < -0.4 is 5.73 Å². The highest BCUT2D eigenvalue weighted by molar-refractivity contribution is 5.13. The molecule has 2 saturated carbocycles. The molecule has 3 unspecified atom stereocenters. The number of nitrogens with zero attached hydrogens (tertiary/aromatic N) is 1. The molecule has 17 heavy (non-hydrogen) atoms. The summed E-state index contributed by atoms with van der Waals surface area (Å²) in [5.74, 6) is 1.04. The average molecular weight is 236 g/mol. The predicted octanol–water partition coefficient (Wildman–Crippen LogP) is 2.60. The Morgan fingerprint density at radius 3 is 2.59 bits per heavy atom. The maximum atomic E-state index is 9.19. The fraction of sp³-hybridized carbons (Fsp3) is 0.929. The second-order valence-corrected chi connectivity index (χ2v) is 5.73. The molecule has 96 valence electrons. The van der Waals surface area contributed by atoms with E-state index in [1.165, 1.54) is 25.7 Å². The quantitative estimate of drug-likeness (QED) is 0.798. The first kappa shape index (κ1) is 12.9. The molecule has 0 amide bonds. The van der Waals surface area contributed by atoms with Crippen LogP contribution in [-0.2, 0) is 4.74 Å². The first-order chi connectivity index (χ1) is 8.19. The zero-order chi connectivity index (χ0) is 12.3. The highest BCUT2D eigenvalue weighted by Crippen LogP contribution is 2.39. The van der Waals surface area contributed by atoms with Gasteiger partial charge in [0.2, 0.25) is 0 Å². The summed E-state index contributed by atoms with van der Waals surface area (Å²) in [5, 5.41) is 9.19. The summed E-state index contributed by atoms with van der Waals surface area (Å²) >= 11 is 0. The molecule has 0 spiro atoms. The highest BCUT2D eigenvalue weighted by Gasteiger charge is 2.43. The lowest BCUT2D eigenvalue weighted by Gasteiger charge is -2.33. The summed E-state index contributed by atoms with van der Waals surface area (Å²) in [5.41, 5.74) is 5.39. The Bertz CT molecular complexity index is 295. The van der Waals surface area contributed by atoms with Gasteiger partial charge in [-0.25, -0.2) is 0 Å². The van der Waals surface area contributed by atoms with Crippen molar-refractivity contribution >= 4 is 0 Å². The first-order valence-corrected chi connectivity index (χ1v) is 7.01. The van der Waals surface area contributed by atoms with Gasteiger partial charge < -0.3 is 10.5 Å². The van der Waals surface area contributed by atoms with E-state index in [0.29, 0.717) is 24.5 Å². The van der Waals surface area contributed by atoms with Crippen LogP contribution >= 0.6 is 0 Å². The lowest BCUT2D eigenvalue weighted by molar-refractivity contribution is -0.0289. The van der Waals surface area contributed by atoms with Gasteiger partial charge in [0.1, 0.15) is 5.54 Å². The number of hydrogen-bond donors (Lipinski definition) is 1. The van der Waals surface area contributed by atoms with Crippen LogP contribution in [0.2, 0.25) is 0 Å². The molecule has 3 atom stereocenters. The average Bonchev–Trinajstić information content (AvgIpc) is 3.21. The van der Waals surface area contributed by atoms with Crippen molar-refractivity contribution in [2.24, 2.45) is 17.6 Å². The number of hydrogen-bond acceptors (Lipinski definition) is 3. The van der Waals surface area contributed by atoms with Gasteiger partial charge in [0, 0.05) is 0 Å². The summed E-state index contributed by atoms with van der Waals surface area (Å²) < 4.78 is 6.00. The van der Waals surface area contributed by atoms with Crippen LogP contribution in [0.1, 0.15) is 51.9 Å². The molecular formula is C14H24N2O. The monoisotopic (exact) mass is 236 g/mol. The second kappa shape index (κ2) is 5.37. The van der Waals surface area contributed by atoms with Gasteiger partial charge in [-0.2, -0.15) is 5.26 Å². The standard InChI is InChI=1S/C14H24N2O/c1-2-11-5-3-4-6-13(11)17-10-14(16,9-15)12-7-8-12/h11-13H,2-8,10,16H2,1H3. The number of nitriles is 1. The third-order valence-electron chi connectivity index (χ3n) is 4.41. The van der Waals surface area contributed by atoms with Gasteiger partial charge in [0.05, 0.1) is 18.8 Å². The number of nitrogens with two attached hydrogens (primary N) is 1. The molecule has 2 aliphatic rings. The van der Waals surface area contributed by atoms with Gasteiger partial charge in [0.15, 0.2) is 0 Å². The fourth-order valence-corrected chi connectivity index (χ4v) is 2.94. The maximum Gasteiger partial charge on any atom is 0.130 e. The minimum atomic E-state index is -0.726. The summed E-state index contributed by atoms with van der Waals surface area (Å²) in [7, 11) is 0. The molecule has 0 heterocycles.